The average Bonchev–Trinajstić information content (AvgIpc) is 2.56. The van der Waals surface area contributed by atoms with Crippen LogP contribution in [0.25, 0.3) is 0 Å². The number of hydrogen-bond donors (Lipinski definition) is 3. The number of amides is 1. The molecular formula is C17H26N2O6S. The molecule has 8 nitrogen and oxygen atoms in total. The Labute approximate surface area is 154 Å². The molecule has 0 bridgehead atoms. The van der Waals surface area contributed by atoms with Gasteiger partial charge in [0.05, 0.1) is 7.11 Å². The quantitative estimate of drug-likeness (QED) is 0.593. The third kappa shape index (κ3) is 5.43. The van der Waals surface area contributed by atoms with Crippen LogP contribution >= 0.6 is 0 Å². The van der Waals surface area contributed by atoms with Crippen LogP contribution < -0.4 is 14.8 Å². The molecule has 0 saturated heterocycles. The third-order valence-electron chi connectivity index (χ3n) is 3.87. The topological polar surface area (TPSA) is 122 Å². The summed E-state index contributed by atoms with van der Waals surface area (Å²) in [5.74, 6) is -2.00. The van der Waals surface area contributed by atoms with Crippen molar-refractivity contribution in [2.75, 3.05) is 7.11 Å². The number of sulfonamides is 1. The number of aliphatic carboxylic acids is 1. The lowest BCUT2D eigenvalue weighted by molar-refractivity contribution is -0.140. The van der Waals surface area contributed by atoms with Crippen LogP contribution in [-0.2, 0) is 14.8 Å². The van der Waals surface area contributed by atoms with E-state index in [0.717, 1.165) is 0 Å². The van der Waals surface area contributed by atoms with Crippen LogP contribution in [0.2, 0.25) is 0 Å². The Morgan fingerprint density at radius 3 is 2.31 bits per heavy atom. The van der Waals surface area contributed by atoms with E-state index in [2.05, 4.69) is 10.0 Å². The van der Waals surface area contributed by atoms with Gasteiger partial charge in [-0.25, -0.2) is 17.9 Å². The van der Waals surface area contributed by atoms with E-state index in [1.165, 1.54) is 25.3 Å². The number of carbonyl (C=O) groups is 2. The van der Waals surface area contributed by atoms with E-state index in [1.54, 1.807) is 20.8 Å². The van der Waals surface area contributed by atoms with E-state index in [4.69, 9.17) is 4.74 Å². The lowest BCUT2D eigenvalue weighted by Gasteiger charge is -2.20. The number of ether oxygens (including phenoxy) is 1. The van der Waals surface area contributed by atoms with Crippen LogP contribution in [-0.4, -0.2) is 44.6 Å². The van der Waals surface area contributed by atoms with Crippen LogP contribution in [0, 0.1) is 5.92 Å². The molecule has 2 unspecified atom stereocenters. The van der Waals surface area contributed by atoms with E-state index in [0.29, 0.717) is 6.42 Å². The number of hydrogen-bond acceptors (Lipinski definition) is 5. The van der Waals surface area contributed by atoms with Gasteiger partial charge in [-0.2, -0.15) is 0 Å². The van der Waals surface area contributed by atoms with E-state index >= 15 is 0 Å². The second-order valence-corrected chi connectivity index (χ2v) is 8.00. The molecule has 1 aromatic rings. The van der Waals surface area contributed by atoms with Crippen molar-refractivity contribution >= 4 is 21.9 Å². The van der Waals surface area contributed by atoms with Crippen molar-refractivity contribution in [2.45, 2.75) is 51.1 Å². The fourth-order valence-electron chi connectivity index (χ4n) is 2.31. The molecule has 1 rings (SSSR count). The van der Waals surface area contributed by atoms with E-state index in [-0.39, 0.29) is 28.2 Å². The molecule has 1 amide bonds. The Morgan fingerprint density at radius 1 is 1.23 bits per heavy atom. The molecular weight excluding hydrogens is 360 g/mol. The van der Waals surface area contributed by atoms with Gasteiger partial charge in [-0.15, -0.1) is 0 Å². The van der Waals surface area contributed by atoms with Crippen molar-refractivity contribution in [1.29, 1.82) is 0 Å². The molecule has 0 radical (unpaired) electrons. The number of methoxy groups -OCH3 is 1. The fraction of sp³-hybridized carbons (Fsp3) is 0.529. The van der Waals surface area contributed by atoms with Crippen molar-refractivity contribution in [3.8, 4) is 5.75 Å². The maximum absolute atomic E-state index is 12.5. The fourth-order valence-corrected chi connectivity index (χ4v) is 3.76. The van der Waals surface area contributed by atoms with Gasteiger partial charge < -0.3 is 15.2 Å². The maximum atomic E-state index is 12.5. The highest BCUT2D eigenvalue weighted by molar-refractivity contribution is 7.89. The Bertz CT molecular complexity index is 761. The monoisotopic (exact) mass is 386 g/mol. The SMILES string of the molecule is CCC(C)C(NC(=O)c1ccc(OC)c(S(=O)(=O)NC(C)C)c1)C(=O)O. The van der Waals surface area contributed by atoms with E-state index < -0.39 is 27.9 Å². The molecule has 0 aromatic heterocycles. The van der Waals surface area contributed by atoms with Gasteiger partial charge in [0, 0.05) is 11.6 Å². The zero-order valence-corrected chi connectivity index (χ0v) is 16.4. The van der Waals surface area contributed by atoms with Gasteiger partial charge in [-0.3, -0.25) is 4.79 Å². The smallest absolute Gasteiger partial charge is 0.326 e. The first-order chi connectivity index (χ1) is 12.0. The summed E-state index contributed by atoms with van der Waals surface area (Å²) in [6.07, 6.45) is 0.567. The molecule has 0 aliphatic heterocycles. The highest BCUT2D eigenvalue weighted by atomic mass is 32.2. The van der Waals surface area contributed by atoms with Gasteiger partial charge in [0.1, 0.15) is 16.7 Å². The number of benzene rings is 1. The van der Waals surface area contributed by atoms with Gasteiger partial charge >= 0.3 is 5.97 Å². The number of nitrogens with one attached hydrogen (secondary N) is 2. The molecule has 3 N–H and O–H groups in total. The number of carbonyl (C=O) groups excluding carboxylic acids is 1. The molecule has 0 fully saturated rings. The Hall–Kier alpha value is -2.13. The highest BCUT2D eigenvalue weighted by Crippen LogP contribution is 2.25. The number of carboxylic acids is 1. The van der Waals surface area contributed by atoms with Crippen molar-refractivity contribution in [2.24, 2.45) is 5.92 Å². The van der Waals surface area contributed by atoms with Crippen molar-refractivity contribution in [3.05, 3.63) is 23.8 Å². The molecule has 1 aromatic carbocycles. The average molecular weight is 386 g/mol. The summed E-state index contributed by atoms with van der Waals surface area (Å²) in [5.41, 5.74) is 0.0319. The highest BCUT2D eigenvalue weighted by Gasteiger charge is 2.27. The van der Waals surface area contributed by atoms with Crippen LogP contribution in [0.5, 0.6) is 5.75 Å². The summed E-state index contributed by atoms with van der Waals surface area (Å²) in [7, 11) is -2.57. The third-order valence-corrected chi connectivity index (χ3v) is 5.55. The summed E-state index contributed by atoms with van der Waals surface area (Å²) in [4.78, 5) is 23.6. The largest absolute Gasteiger partial charge is 0.495 e. The maximum Gasteiger partial charge on any atom is 0.326 e. The minimum Gasteiger partial charge on any atom is -0.495 e. The van der Waals surface area contributed by atoms with Crippen LogP contribution in [0.4, 0.5) is 0 Å². The first-order valence-corrected chi connectivity index (χ1v) is 9.75. The summed E-state index contributed by atoms with van der Waals surface area (Å²) in [6, 6.07) is 2.52. The lowest BCUT2D eigenvalue weighted by Crippen LogP contribution is -2.45. The molecule has 0 aliphatic rings. The standard InChI is InChI=1S/C17H26N2O6S/c1-6-11(4)15(17(21)22)18-16(20)12-7-8-13(25-5)14(9-12)26(23,24)19-10(2)3/h7-11,15,19H,6H2,1-5H3,(H,18,20)(H,21,22). The Balaban J connectivity index is 3.24. The minimum atomic E-state index is -3.90. The van der Waals surface area contributed by atoms with Crippen molar-refractivity contribution < 1.29 is 27.9 Å². The van der Waals surface area contributed by atoms with Crippen molar-refractivity contribution in [3.63, 3.8) is 0 Å². The number of carboxylic acid groups (broad SMARTS) is 1. The number of rotatable bonds is 9. The predicted molar refractivity (Wildman–Crippen MR) is 96.8 cm³/mol. The normalized spacial score (nSPS) is 13.9. The predicted octanol–water partition coefficient (Wildman–Crippen LogP) is 1.61. The molecule has 2 atom stereocenters. The van der Waals surface area contributed by atoms with Crippen LogP contribution in [0.15, 0.2) is 23.1 Å². The summed E-state index contributed by atoms with van der Waals surface area (Å²) in [5, 5.41) is 11.7. The first-order valence-electron chi connectivity index (χ1n) is 8.27. The molecule has 0 heterocycles. The molecule has 0 spiro atoms. The molecule has 26 heavy (non-hydrogen) atoms. The summed E-state index contributed by atoms with van der Waals surface area (Å²) in [6.45, 7) is 6.88. The molecule has 0 saturated carbocycles. The second kappa shape index (κ2) is 9.00. The first kappa shape index (κ1) is 21.9. The summed E-state index contributed by atoms with van der Waals surface area (Å²) >= 11 is 0. The van der Waals surface area contributed by atoms with E-state index in [9.17, 15) is 23.1 Å². The molecule has 0 aliphatic carbocycles. The van der Waals surface area contributed by atoms with Gasteiger partial charge in [0.25, 0.3) is 5.91 Å². The minimum absolute atomic E-state index is 0.0319. The molecule has 146 valence electrons. The zero-order valence-electron chi connectivity index (χ0n) is 15.6. The van der Waals surface area contributed by atoms with Gasteiger partial charge in [0.2, 0.25) is 10.0 Å². The van der Waals surface area contributed by atoms with Crippen LogP contribution in [0.1, 0.15) is 44.5 Å². The van der Waals surface area contributed by atoms with Gasteiger partial charge in [-0.1, -0.05) is 20.3 Å². The van der Waals surface area contributed by atoms with Gasteiger partial charge in [0.15, 0.2) is 0 Å². The Kier molecular flexibility index (Phi) is 7.58. The van der Waals surface area contributed by atoms with Crippen LogP contribution in [0.3, 0.4) is 0 Å². The van der Waals surface area contributed by atoms with Crippen molar-refractivity contribution in [1.82, 2.24) is 10.0 Å². The Morgan fingerprint density at radius 2 is 1.85 bits per heavy atom. The van der Waals surface area contributed by atoms with E-state index in [1.807, 2.05) is 6.92 Å². The molecule has 9 heteroatoms. The summed E-state index contributed by atoms with van der Waals surface area (Å²) < 4.78 is 32.4. The lowest BCUT2D eigenvalue weighted by atomic mass is 9.99. The second-order valence-electron chi connectivity index (χ2n) is 6.32. The van der Waals surface area contributed by atoms with Gasteiger partial charge in [-0.05, 0) is 38.0 Å². The zero-order chi connectivity index (χ0) is 20.1.